The molecule has 0 atom stereocenters. The maximum absolute atomic E-state index is 13.5. The average molecular weight is 222 g/mol. The quantitative estimate of drug-likeness (QED) is 0.805. The van der Waals surface area contributed by atoms with Crippen LogP contribution in [-0.4, -0.2) is 4.98 Å². The number of hydrogen-bond donors (Lipinski definition) is 1. The van der Waals surface area contributed by atoms with Gasteiger partial charge < -0.3 is 5.73 Å². The van der Waals surface area contributed by atoms with Gasteiger partial charge in [0.15, 0.2) is 5.82 Å². The molecule has 0 aliphatic rings. The summed E-state index contributed by atoms with van der Waals surface area (Å²) in [5, 5.41) is 0.347. The number of nitrogens with two attached hydrogens (primary N) is 1. The van der Waals surface area contributed by atoms with Crippen molar-refractivity contribution in [1.29, 1.82) is 0 Å². The van der Waals surface area contributed by atoms with Crippen LogP contribution in [0.5, 0.6) is 0 Å². The van der Waals surface area contributed by atoms with E-state index in [1.54, 1.807) is 6.92 Å². The third-order valence-corrected chi connectivity index (χ3v) is 2.71. The zero-order valence-corrected chi connectivity index (χ0v) is 9.14. The van der Waals surface area contributed by atoms with Crippen molar-refractivity contribution < 1.29 is 8.78 Å². The molecule has 2 nitrogen and oxygen atoms in total. The van der Waals surface area contributed by atoms with Gasteiger partial charge in [0.25, 0.3) is 0 Å². The van der Waals surface area contributed by atoms with E-state index in [4.69, 9.17) is 5.73 Å². The van der Waals surface area contributed by atoms with Crippen molar-refractivity contribution in [2.75, 3.05) is 5.73 Å². The van der Waals surface area contributed by atoms with E-state index in [9.17, 15) is 8.78 Å². The molecule has 16 heavy (non-hydrogen) atoms. The molecule has 1 aromatic heterocycles. The summed E-state index contributed by atoms with van der Waals surface area (Å²) in [5.41, 5.74) is 7.99. The highest BCUT2D eigenvalue weighted by Crippen LogP contribution is 2.28. The van der Waals surface area contributed by atoms with Gasteiger partial charge in [0.1, 0.15) is 11.3 Å². The molecule has 2 rings (SSSR count). The summed E-state index contributed by atoms with van der Waals surface area (Å²) in [4.78, 5) is 4.13. The van der Waals surface area contributed by atoms with E-state index in [-0.39, 0.29) is 5.52 Å². The van der Waals surface area contributed by atoms with Crippen LogP contribution in [0.15, 0.2) is 12.1 Å². The van der Waals surface area contributed by atoms with Crippen LogP contribution in [0.4, 0.5) is 14.5 Å². The van der Waals surface area contributed by atoms with Crippen molar-refractivity contribution in [2.24, 2.45) is 0 Å². The first kappa shape index (κ1) is 10.8. The second-order valence-electron chi connectivity index (χ2n) is 3.73. The molecule has 0 radical (unpaired) electrons. The summed E-state index contributed by atoms with van der Waals surface area (Å²) in [7, 11) is 0. The molecule has 2 aromatic rings. The van der Waals surface area contributed by atoms with Gasteiger partial charge in [-0.05, 0) is 25.0 Å². The van der Waals surface area contributed by atoms with E-state index in [0.717, 1.165) is 11.6 Å². The van der Waals surface area contributed by atoms with Crippen LogP contribution >= 0.6 is 0 Å². The highest BCUT2D eigenvalue weighted by atomic mass is 19.1. The van der Waals surface area contributed by atoms with Crippen LogP contribution in [0.25, 0.3) is 10.9 Å². The molecule has 0 saturated heterocycles. The van der Waals surface area contributed by atoms with Gasteiger partial charge >= 0.3 is 0 Å². The summed E-state index contributed by atoms with van der Waals surface area (Å²) >= 11 is 0. The third kappa shape index (κ3) is 1.50. The van der Waals surface area contributed by atoms with E-state index in [1.165, 1.54) is 6.07 Å². The first-order valence-electron chi connectivity index (χ1n) is 5.08. The molecule has 0 saturated carbocycles. The Labute approximate surface area is 92.1 Å². The molecule has 0 bridgehead atoms. The van der Waals surface area contributed by atoms with Gasteiger partial charge in [-0.1, -0.05) is 6.92 Å². The Bertz CT molecular complexity index is 565. The molecule has 0 spiro atoms. The number of halogens is 2. The number of hydrogen-bond acceptors (Lipinski definition) is 2. The molecule has 0 aliphatic carbocycles. The van der Waals surface area contributed by atoms with Crippen molar-refractivity contribution in [3.63, 3.8) is 0 Å². The zero-order valence-electron chi connectivity index (χ0n) is 9.14. The van der Waals surface area contributed by atoms with Gasteiger partial charge in [-0.3, -0.25) is 0 Å². The Kier molecular flexibility index (Phi) is 2.50. The predicted molar refractivity (Wildman–Crippen MR) is 60.2 cm³/mol. The van der Waals surface area contributed by atoms with Crippen molar-refractivity contribution >= 4 is 16.6 Å². The fourth-order valence-corrected chi connectivity index (χ4v) is 1.92. The van der Waals surface area contributed by atoms with Gasteiger partial charge in [-0.25, -0.2) is 13.8 Å². The lowest BCUT2D eigenvalue weighted by Gasteiger charge is -2.10. The lowest BCUT2D eigenvalue weighted by Crippen LogP contribution is -2.02. The maximum atomic E-state index is 13.5. The van der Waals surface area contributed by atoms with E-state index >= 15 is 0 Å². The van der Waals surface area contributed by atoms with Gasteiger partial charge in [0, 0.05) is 22.8 Å². The van der Waals surface area contributed by atoms with E-state index in [0.29, 0.717) is 23.2 Å². The number of pyridine rings is 1. The van der Waals surface area contributed by atoms with Crippen LogP contribution in [0.2, 0.25) is 0 Å². The second kappa shape index (κ2) is 3.70. The van der Waals surface area contributed by atoms with E-state index < -0.39 is 11.6 Å². The molecule has 0 fully saturated rings. The standard InChI is InChI=1S/C12H12F2N2/c1-3-8-6(2)16-12-9(11(8)15)4-7(13)5-10(12)14/h4-5H,3H2,1-2H3,(H2,15,16). The van der Waals surface area contributed by atoms with Gasteiger partial charge in [-0.15, -0.1) is 0 Å². The van der Waals surface area contributed by atoms with Crippen molar-refractivity contribution in [2.45, 2.75) is 20.3 Å². The summed E-state index contributed by atoms with van der Waals surface area (Å²) in [6.45, 7) is 3.71. The smallest absolute Gasteiger partial charge is 0.152 e. The zero-order chi connectivity index (χ0) is 11.9. The SMILES string of the molecule is CCc1c(C)nc2c(F)cc(F)cc2c1N. The average Bonchev–Trinajstić information content (AvgIpc) is 2.21. The van der Waals surface area contributed by atoms with Crippen molar-refractivity contribution in [3.05, 3.63) is 35.0 Å². The first-order valence-corrected chi connectivity index (χ1v) is 5.08. The van der Waals surface area contributed by atoms with E-state index in [1.807, 2.05) is 6.92 Å². The fraction of sp³-hybridized carbons (Fsp3) is 0.250. The first-order chi connectivity index (χ1) is 7.54. The minimum atomic E-state index is -0.674. The number of nitrogen functional groups attached to an aromatic ring is 1. The molecular formula is C12H12F2N2. The predicted octanol–water partition coefficient (Wildman–Crippen LogP) is 2.97. The van der Waals surface area contributed by atoms with Crippen LogP contribution < -0.4 is 5.73 Å². The third-order valence-electron chi connectivity index (χ3n) is 2.71. The van der Waals surface area contributed by atoms with E-state index in [2.05, 4.69) is 4.98 Å². The lowest BCUT2D eigenvalue weighted by molar-refractivity contribution is 0.590. The van der Waals surface area contributed by atoms with Gasteiger partial charge in [0.2, 0.25) is 0 Å². The minimum absolute atomic E-state index is 0.133. The molecule has 0 unspecified atom stereocenters. The number of aryl methyl sites for hydroxylation is 1. The monoisotopic (exact) mass is 222 g/mol. The topological polar surface area (TPSA) is 38.9 Å². The summed E-state index contributed by atoms with van der Waals surface area (Å²) in [6.07, 6.45) is 0.693. The lowest BCUT2D eigenvalue weighted by atomic mass is 10.0. The molecule has 1 heterocycles. The highest BCUT2D eigenvalue weighted by molar-refractivity contribution is 5.92. The summed E-state index contributed by atoms with van der Waals surface area (Å²) in [6, 6.07) is 2.04. The molecule has 0 amide bonds. The molecule has 4 heteroatoms. The Morgan fingerprint density at radius 3 is 2.62 bits per heavy atom. The van der Waals surface area contributed by atoms with Crippen molar-refractivity contribution in [3.8, 4) is 0 Å². The number of anilines is 1. The number of benzene rings is 1. The molecule has 84 valence electrons. The second-order valence-corrected chi connectivity index (χ2v) is 3.73. The highest BCUT2D eigenvalue weighted by Gasteiger charge is 2.13. The molecule has 1 aromatic carbocycles. The van der Waals surface area contributed by atoms with Crippen LogP contribution in [0.1, 0.15) is 18.2 Å². The molecular weight excluding hydrogens is 210 g/mol. The van der Waals surface area contributed by atoms with Gasteiger partial charge in [-0.2, -0.15) is 0 Å². The number of fused-ring (bicyclic) bond motifs is 1. The van der Waals surface area contributed by atoms with Crippen LogP contribution in [-0.2, 0) is 6.42 Å². The van der Waals surface area contributed by atoms with Crippen LogP contribution in [0, 0.1) is 18.6 Å². The summed E-state index contributed by atoms with van der Waals surface area (Å²) < 4.78 is 26.6. The Morgan fingerprint density at radius 2 is 2.00 bits per heavy atom. The Morgan fingerprint density at radius 1 is 1.31 bits per heavy atom. The number of aromatic nitrogens is 1. The number of rotatable bonds is 1. The minimum Gasteiger partial charge on any atom is -0.398 e. The number of nitrogens with zero attached hydrogens (tertiary/aromatic N) is 1. The van der Waals surface area contributed by atoms with Crippen molar-refractivity contribution in [1.82, 2.24) is 4.98 Å². The largest absolute Gasteiger partial charge is 0.398 e. The van der Waals surface area contributed by atoms with Gasteiger partial charge in [0.05, 0.1) is 0 Å². The molecule has 0 aliphatic heterocycles. The molecule has 2 N–H and O–H groups in total. The Hall–Kier alpha value is -1.71. The maximum Gasteiger partial charge on any atom is 0.152 e. The summed E-state index contributed by atoms with van der Waals surface area (Å²) in [5.74, 6) is -1.31. The fourth-order valence-electron chi connectivity index (χ4n) is 1.92. The normalized spacial score (nSPS) is 11.0. The Balaban J connectivity index is 2.93. The van der Waals surface area contributed by atoms with Crippen LogP contribution in [0.3, 0.4) is 0 Å².